The summed E-state index contributed by atoms with van der Waals surface area (Å²) in [6.07, 6.45) is 1.65. The van der Waals surface area contributed by atoms with Crippen LogP contribution >= 0.6 is 11.6 Å². The van der Waals surface area contributed by atoms with E-state index in [0.29, 0.717) is 29.1 Å². The van der Waals surface area contributed by atoms with E-state index in [1.54, 1.807) is 54.6 Å². The van der Waals surface area contributed by atoms with Crippen LogP contribution in [0.1, 0.15) is 57.2 Å². The van der Waals surface area contributed by atoms with Gasteiger partial charge in [0, 0.05) is 17.6 Å². The third kappa shape index (κ3) is 7.89. The minimum atomic E-state index is -4.13. The molecule has 0 saturated heterocycles. The number of anilines is 1. The number of rotatable bonds is 13. The summed E-state index contributed by atoms with van der Waals surface area (Å²) < 4.78 is 29.4. The number of hydrogen-bond acceptors (Lipinski definition) is 4. The monoisotopic (exact) mass is 597 g/mol. The van der Waals surface area contributed by atoms with Gasteiger partial charge in [0.25, 0.3) is 10.0 Å². The first-order valence-corrected chi connectivity index (χ1v) is 15.9. The summed E-state index contributed by atoms with van der Waals surface area (Å²) in [5.41, 5.74) is 2.80. The van der Waals surface area contributed by atoms with E-state index in [4.69, 9.17) is 11.6 Å². The SMILES string of the molecule is CCc1ccccc1N(CC(=O)N(Cc1ccccc1Cl)[C@H](CC)C(=O)N[C@@H](C)CC)S(=O)(=O)c1ccc(C)cc1. The van der Waals surface area contributed by atoms with Crippen molar-refractivity contribution in [3.8, 4) is 0 Å². The summed E-state index contributed by atoms with van der Waals surface area (Å²) in [5, 5.41) is 3.44. The molecule has 0 bridgehead atoms. The quantitative estimate of drug-likeness (QED) is 0.257. The maximum Gasteiger partial charge on any atom is 0.264 e. The van der Waals surface area contributed by atoms with Crippen molar-refractivity contribution in [2.75, 3.05) is 10.8 Å². The average Bonchev–Trinajstić information content (AvgIpc) is 2.96. The molecule has 0 aliphatic carbocycles. The van der Waals surface area contributed by atoms with Gasteiger partial charge in [-0.2, -0.15) is 0 Å². The van der Waals surface area contributed by atoms with Crippen molar-refractivity contribution in [3.63, 3.8) is 0 Å². The zero-order valence-corrected chi connectivity index (χ0v) is 26.0. The Bertz CT molecular complexity index is 1440. The number of carbonyl (C=O) groups is 2. The lowest BCUT2D eigenvalue weighted by molar-refractivity contribution is -0.140. The van der Waals surface area contributed by atoms with E-state index < -0.39 is 28.5 Å². The highest BCUT2D eigenvalue weighted by molar-refractivity contribution is 7.92. The van der Waals surface area contributed by atoms with E-state index in [-0.39, 0.29) is 23.4 Å². The third-order valence-electron chi connectivity index (χ3n) is 7.21. The molecule has 2 atom stereocenters. The van der Waals surface area contributed by atoms with Crippen LogP contribution in [-0.2, 0) is 32.6 Å². The summed E-state index contributed by atoms with van der Waals surface area (Å²) in [5.74, 6) is -0.790. The fraction of sp³-hybridized carbons (Fsp3) is 0.375. The smallest absolute Gasteiger partial charge is 0.264 e. The molecule has 0 heterocycles. The number of halogens is 1. The molecule has 0 aliphatic heterocycles. The summed E-state index contributed by atoms with van der Waals surface area (Å²) in [4.78, 5) is 29.2. The molecule has 3 aromatic rings. The van der Waals surface area contributed by atoms with Gasteiger partial charge in [-0.1, -0.05) is 86.5 Å². The van der Waals surface area contributed by atoms with E-state index in [9.17, 15) is 18.0 Å². The Morgan fingerprint density at radius 3 is 2.07 bits per heavy atom. The summed E-state index contributed by atoms with van der Waals surface area (Å²) in [6.45, 7) is 9.10. The highest BCUT2D eigenvalue weighted by Crippen LogP contribution is 2.29. The topological polar surface area (TPSA) is 86.8 Å². The Kier molecular flexibility index (Phi) is 11.4. The Morgan fingerprint density at radius 1 is 0.878 bits per heavy atom. The Morgan fingerprint density at radius 2 is 1.49 bits per heavy atom. The van der Waals surface area contributed by atoms with Gasteiger partial charge in [-0.15, -0.1) is 0 Å². The summed E-state index contributed by atoms with van der Waals surface area (Å²) in [7, 11) is -4.13. The lowest BCUT2D eigenvalue weighted by atomic mass is 10.1. The van der Waals surface area contributed by atoms with Crippen molar-refractivity contribution in [2.45, 2.75) is 77.4 Å². The van der Waals surface area contributed by atoms with Crippen LogP contribution in [0.15, 0.2) is 77.7 Å². The molecule has 3 rings (SSSR count). The lowest BCUT2D eigenvalue weighted by Gasteiger charge is -2.34. The second-order valence-corrected chi connectivity index (χ2v) is 12.4. The second kappa shape index (κ2) is 14.5. The second-order valence-electron chi connectivity index (χ2n) is 10.2. The van der Waals surface area contributed by atoms with Crippen LogP contribution in [0.3, 0.4) is 0 Å². The van der Waals surface area contributed by atoms with Crippen molar-refractivity contribution < 1.29 is 18.0 Å². The van der Waals surface area contributed by atoms with Gasteiger partial charge in [-0.25, -0.2) is 8.42 Å². The number of sulfonamides is 1. The first-order chi connectivity index (χ1) is 19.5. The van der Waals surface area contributed by atoms with Gasteiger partial charge in [0.15, 0.2) is 0 Å². The predicted octanol–water partition coefficient (Wildman–Crippen LogP) is 6.13. The van der Waals surface area contributed by atoms with E-state index in [0.717, 1.165) is 21.9 Å². The molecule has 0 aliphatic rings. The molecule has 9 heteroatoms. The molecule has 3 aromatic carbocycles. The minimum absolute atomic E-state index is 0.0543. The van der Waals surface area contributed by atoms with E-state index in [2.05, 4.69) is 5.32 Å². The molecule has 0 fully saturated rings. The number of para-hydroxylation sites is 1. The van der Waals surface area contributed by atoms with Crippen LogP contribution in [0.5, 0.6) is 0 Å². The van der Waals surface area contributed by atoms with Crippen molar-refractivity contribution in [1.82, 2.24) is 10.2 Å². The maximum absolute atomic E-state index is 14.2. The van der Waals surface area contributed by atoms with Gasteiger partial charge < -0.3 is 10.2 Å². The van der Waals surface area contributed by atoms with Crippen molar-refractivity contribution in [2.24, 2.45) is 0 Å². The van der Waals surface area contributed by atoms with E-state index in [1.165, 1.54) is 4.90 Å². The molecule has 0 radical (unpaired) electrons. The van der Waals surface area contributed by atoms with Gasteiger partial charge in [-0.3, -0.25) is 13.9 Å². The Hall–Kier alpha value is -3.36. The van der Waals surface area contributed by atoms with Gasteiger partial charge in [-0.05, 0) is 68.5 Å². The summed E-state index contributed by atoms with van der Waals surface area (Å²) >= 11 is 6.47. The van der Waals surface area contributed by atoms with Gasteiger partial charge in [0.1, 0.15) is 12.6 Å². The standard InChI is InChI=1S/C32H40ClN3O4S/c1-6-24(5)34-32(38)29(8-3)35(21-26-14-9-11-15-28(26)33)31(37)22-36(30-16-12-10-13-25(30)7-2)41(39,40)27-19-17-23(4)18-20-27/h9-20,24,29H,6-8,21-22H2,1-5H3,(H,34,38)/t24-,29+/m0/s1. The molecule has 0 spiro atoms. The molecule has 220 valence electrons. The van der Waals surface area contributed by atoms with E-state index in [1.807, 2.05) is 52.8 Å². The first-order valence-electron chi connectivity index (χ1n) is 14.0. The Balaban J connectivity index is 2.11. The van der Waals surface area contributed by atoms with E-state index >= 15 is 0 Å². The molecule has 0 aromatic heterocycles. The van der Waals surface area contributed by atoms with Gasteiger partial charge in [0.2, 0.25) is 11.8 Å². The Labute approximate surface area is 249 Å². The zero-order valence-electron chi connectivity index (χ0n) is 24.4. The van der Waals surface area contributed by atoms with Crippen LogP contribution in [0.25, 0.3) is 0 Å². The fourth-order valence-corrected chi connectivity index (χ4v) is 6.22. The van der Waals surface area contributed by atoms with Crippen LogP contribution in [0.2, 0.25) is 5.02 Å². The first kappa shape index (κ1) is 32.2. The fourth-order valence-electron chi connectivity index (χ4n) is 4.57. The normalized spacial score (nSPS) is 12.8. The predicted molar refractivity (Wildman–Crippen MR) is 166 cm³/mol. The number of aryl methyl sites for hydroxylation is 2. The molecule has 0 saturated carbocycles. The highest BCUT2D eigenvalue weighted by Gasteiger charge is 2.34. The third-order valence-corrected chi connectivity index (χ3v) is 9.36. The van der Waals surface area contributed by atoms with Crippen molar-refractivity contribution >= 4 is 39.1 Å². The zero-order chi connectivity index (χ0) is 30.2. The van der Waals surface area contributed by atoms with Crippen molar-refractivity contribution in [1.29, 1.82) is 0 Å². The molecule has 0 unspecified atom stereocenters. The van der Waals surface area contributed by atoms with Gasteiger partial charge in [0.05, 0.1) is 10.6 Å². The minimum Gasteiger partial charge on any atom is -0.352 e. The number of amides is 2. The number of benzene rings is 3. The average molecular weight is 598 g/mol. The maximum atomic E-state index is 14.2. The molecule has 2 amide bonds. The van der Waals surface area contributed by atoms with Crippen molar-refractivity contribution in [3.05, 3.63) is 94.5 Å². The molecule has 1 N–H and O–H groups in total. The number of nitrogens with zero attached hydrogens (tertiary/aromatic N) is 2. The molecular formula is C32H40ClN3O4S. The van der Waals surface area contributed by atoms with Crippen LogP contribution < -0.4 is 9.62 Å². The highest BCUT2D eigenvalue weighted by atomic mass is 35.5. The molecular weight excluding hydrogens is 558 g/mol. The number of carbonyl (C=O) groups excluding carboxylic acids is 2. The number of hydrogen-bond donors (Lipinski definition) is 1. The lowest BCUT2D eigenvalue weighted by Crippen LogP contribution is -2.53. The van der Waals surface area contributed by atoms with Gasteiger partial charge >= 0.3 is 0 Å². The molecule has 7 nitrogen and oxygen atoms in total. The van der Waals surface area contributed by atoms with Crippen LogP contribution in [0, 0.1) is 6.92 Å². The molecule has 41 heavy (non-hydrogen) atoms. The van der Waals surface area contributed by atoms with Crippen LogP contribution in [-0.4, -0.2) is 43.8 Å². The van der Waals surface area contributed by atoms with Crippen LogP contribution in [0.4, 0.5) is 5.69 Å². The largest absolute Gasteiger partial charge is 0.352 e. The number of nitrogens with one attached hydrogen (secondary N) is 1. The summed E-state index contributed by atoms with van der Waals surface area (Å²) in [6, 6.07) is 20.0.